The zero-order valence-electron chi connectivity index (χ0n) is 20.8. The van der Waals surface area contributed by atoms with Crippen molar-refractivity contribution in [2.45, 2.75) is 19.0 Å². The van der Waals surface area contributed by atoms with Gasteiger partial charge in [0.25, 0.3) is 5.91 Å². The van der Waals surface area contributed by atoms with Crippen LogP contribution in [-0.2, 0) is 27.3 Å². The van der Waals surface area contributed by atoms with Gasteiger partial charge in [-0.1, -0.05) is 72.8 Å². The van der Waals surface area contributed by atoms with Crippen molar-refractivity contribution < 1.29 is 19.1 Å². The number of aromatic nitrogens is 1. The van der Waals surface area contributed by atoms with Crippen LogP contribution in [0.25, 0.3) is 16.6 Å². The number of nitrogens with zero attached hydrogens (tertiary/aromatic N) is 1. The maximum absolute atomic E-state index is 12.8. The fourth-order valence-corrected chi connectivity index (χ4v) is 4.48. The molecule has 0 aliphatic heterocycles. The summed E-state index contributed by atoms with van der Waals surface area (Å²) >= 11 is 1.52. The van der Waals surface area contributed by atoms with Crippen LogP contribution in [0.15, 0.2) is 96.4 Å². The van der Waals surface area contributed by atoms with Gasteiger partial charge in [0.1, 0.15) is 11.0 Å². The summed E-state index contributed by atoms with van der Waals surface area (Å²) in [6, 6.07) is 25.3. The predicted octanol–water partition coefficient (Wildman–Crippen LogP) is 4.65. The summed E-state index contributed by atoms with van der Waals surface area (Å²) < 4.78 is 4.86. The summed E-state index contributed by atoms with van der Waals surface area (Å²) in [7, 11) is 1.30. The van der Waals surface area contributed by atoms with E-state index in [9.17, 15) is 14.4 Å². The van der Waals surface area contributed by atoms with E-state index in [1.54, 1.807) is 30.3 Å². The van der Waals surface area contributed by atoms with E-state index in [1.165, 1.54) is 24.5 Å². The first kappa shape index (κ1) is 26.5. The fraction of sp³-hybridized carbons (Fsp3) is 0.133. The third-order valence-electron chi connectivity index (χ3n) is 5.70. The Balaban J connectivity index is 1.28. The van der Waals surface area contributed by atoms with Gasteiger partial charge < -0.3 is 15.4 Å². The fourth-order valence-electron chi connectivity index (χ4n) is 3.69. The van der Waals surface area contributed by atoms with E-state index in [4.69, 9.17) is 4.74 Å². The molecule has 0 bridgehead atoms. The van der Waals surface area contributed by atoms with Gasteiger partial charge in [-0.3, -0.25) is 9.59 Å². The summed E-state index contributed by atoms with van der Waals surface area (Å²) in [4.78, 5) is 41.8. The average Bonchev–Trinajstić information content (AvgIpc) is 3.44. The SMILES string of the molecule is COC(=O)[C@H](Cc1ccccc1)NC(=O)c1ccc(CNC(=O)C=Cc2csc(-c3ccccc3)n2)cc1. The first-order valence-electron chi connectivity index (χ1n) is 12.0. The van der Waals surface area contributed by atoms with Crippen LogP contribution in [0.4, 0.5) is 0 Å². The van der Waals surface area contributed by atoms with Crippen LogP contribution in [0.1, 0.15) is 27.2 Å². The van der Waals surface area contributed by atoms with Gasteiger partial charge in [-0.15, -0.1) is 11.3 Å². The van der Waals surface area contributed by atoms with E-state index in [-0.39, 0.29) is 11.8 Å². The Bertz CT molecular complexity index is 1400. The molecule has 4 aromatic rings. The van der Waals surface area contributed by atoms with Crippen LogP contribution in [0, 0.1) is 0 Å². The number of hydrogen-bond acceptors (Lipinski definition) is 6. The molecule has 2 N–H and O–H groups in total. The number of esters is 1. The van der Waals surface area contributed by atoms with Gasteiger partial charge >= 0.3 is 5.97 Å². The summed E-state index contributed by atoms with van der Waals surface area (Å²) in [5.41, 5.74) is 3.90. The summed E-state index contributed by atoms with van der Waals surface area (Å²) in [6.45, 7) is 0.302. The second kappa shape index (κ2) is 13.1. The van der Waals surface area contributed by atoms with E-state index in [0.29, 0.717) is 18.5 Å². The van der Waals surface area contributed by atoms with E-state index in [1.807, 2.05) is 66.0 Å². The largest absolute Gasteiger partial charge is 0.467 e. The van der Waals surface area contributed by atoms with Crippen molar-refractivity contribution in [3.05, 3.63) is 119 Å². The van der Waals surface area contributed by atoms with Crippen molar-refractivity contribution in [1.82, 2.24) is 15.6 Å². The highest BCUT2D eigenvalue weighted by Crippen LogP contribution is 2.23. The lowest BCUT2D eigenvalue weighted by atomic mass is 10.0. The Kier molecular flexibility index (Phi) is 9.15. The van der Waals surface area contributed by atoms with Crippen LogP contribution < -0.4 is 10.6 Å². The highest BCUT2D eigenvalue weighted by atomic mass is 32.1. The molecule has 0 unspecified atom stereocenters. The van der Waals surface area contributed by atoms with Crippen LogP contribution in [0.2, 0.25) is 0 Å². The highest BCUT2D eigenvalue weighted by Gasteiger charge is 2.22. The van der Waals surface area contributed by atoms with Crippen molar-refractivity contribution >= 4 is 35.2 Å². The highest BCUT2D eigenvalue weighted by molar-refractivity contribution is 7.13. The summed E-state index contributed by atoms with van der Waals surface area (Å²) in [5, 5.41) is 8.38. The lowest BCUT2D eigenvalue weighted by molar-refractivity contribution is -0.142. The van der Waals surface area contributed by atoms with Gasteiger partial charge in [0, 0.05) is 35.5 Å². The lowest BCUT2D eigenvalue weighted by Gasteiger charge is -2.17. The molecule has 192 valence electrons. The van der Waals surface area contributed by atoms with E-state index in [0.717, 1.165) is 27.4 Å². The Hall–Kier alpha value is -4.56. The Morgan fingerprint density at radius 2 is 1.61 bits per heavy atom. The number of carbonyl (C=O) groups excluding carboxylic acids is 3. The molecule has 0 spiro atoms. The first-order valence-corrected chi connectivity index (χ1v) is 12.9. The first-order chi connectivity index (χ1) is 18.5. The molecule has 0 aliphatic rings. The molecular formula is C30H27N3O4S. The van der Waals surface area contributed by atoms with Gasteiger partial charge in [-0.05, 0) is 29.3 Å². The van der Waals surface area contributed by atoms with Gasteiger partial charge in [0.05, 0.1) is 12.8 Å². The lowest BCUT2D eigenvalue weighted by Crippen LogP contribution is -2.43. The summed E-state index contributed by atoms with van der Waals surface area (Å²) in [6.07, 6.45) is 3.45. The Morgan fingerprint density at radius 1 is 0.921 bits per heavy atom. The smallest absolute Gasteiger partial charge is 0.328 e. The van der Waals surface area contributed by atoms with Crippen molar-refractivity contribution in [2.24, 2.45) is 0 Å². The van der Waals surface area contributed by atoms with E-state index >= 15 is 0 Å². The minimum absolute atomic E-state index is 0.247. The molecular weight excluding hydrogens is 498 g/mol. The number of hydrogen-bond donors (Lipinski definition) is 2. The molecule has 0 saturated carbocycles. The molecule has 0 radical (unpaired) electrons. The van der Waals surface area contributed by atoms with E-state index in [2.05, 4.69) is 15.6 Å². The molecule has 7 nitrogen and oxygen atoms in total. The Morgan fingerprint density at radius 3 is 2.29 bits per heavy atom. The third-order valence-corrected chi connectivity index (χ3v) is 6.61. The van der Waals surface area contributed by atoms with Crippen molar-refractivity contribution in [3.63, 3.8) is 0 Å². The molecule has 0 fully saturated rings. The van der Waals surface area contributed by atoms with Crippen molar-refractivity contribution in [1.29, 1.82) is 0 Å². The number of methoxy groups -OCH3 is 1. The molecule has 1 atom stereocenters. The zero-order chi connectivity index (χ0) is 26.7. The second-order valence-corrected chi connectivity index (χ2v) is 9.29. The van der Waals surface area contributed by atoms with Crippen LogP contribution in [-0.4, -0.2) is 35.9 Å². The van der Waals surface area contributed by atoms with Crippen molar-refractivity contribution in [3.8, 4) is 10.6 Å². The molecule has 0 aliphatic carbocycles. The molecule has 1 aromatic heterocycles. The normalized spacial score (nSPS) is 11.6. The molecule has 8 heteroatoms. The van der Waals surface area contributed by atoms with Crippen LogP contribution in [0.3, 0.4) is 0 Å². The topological polar surface area (TPSA) is 97.4 Å². The minimum Gasteiger partial charge on any atom is -0.467 e. The van der Waals surface area contributed by atoms with Crippen molar-refractivity contribution in [2.75, 3.05) is 7.11 Å². The van der Waals surface area contributed by atoms with Gasteiger partial charge in [-0.2, -0.15) is 0 Å². The van der Waals surface area contributed by atoms with Crippen LogP contribution >= 0.6 is 11.3 Å². The number of amides is 2. The molecule has 1 heterocycles. The maximum atomic E-state index is 12.8. The average molecular weight is 526 g/mol. The number of nitrogens with one attached hydrogen (secondary N) is 2. The van der Waals surface area contributed by atoms with E-state index < -0.39 is 12.0 Å². The quantitative estimate of drug-likeness (QED) is 0.232. The van der Waals surface area contributed by atoms with Gasteiger partial charge in [-0.25, -0.2) is 9.78 Å². The molecule has 3 aromatic carbocycles. The predicted molar refractivity (Wildman–Crippen MR) is 148 cm³/mol. The molecule has 4 rings (SSSR count). The zero-order valence-corrected chi connectivity index (χ0v) is 21.6. The van der Waals surface area contributed by atoms with Crippen LogP contribution in [0.5, 0.6) is 0 Å². The number of benzene rings is 3. The molecule has 2 amide bonds. The molecule has 0 saturated heterocycles. The van der Waals surface area contributed by atoms with Gasteiger partial charge in [0.15, 0.2) is 0 Å². The number of thiazole rings is 1. The monoisotopic (exact) mass is 525 g/mol. The number of carbonyl (C=O) groups is 3. The van der Waals surface area contributed by atoms with Gasteiger partial charge in [0.2, 0.25) is 5.91 Å². The third kappa shape index (κ3) is 7.47. The minimum atomic E-state index is -0.804. The molecule has 38 heavy (non-hydrogen) atoms. The summed E-state index contributed by atoms with van der Waals surface area (Å²) in [5.74, 6) is -1.14. The Labute approximate surface area is 225 Å². The maximum Gasteiger partial charge on any atom is 0.328 e. The number of ether oxygens (including phenoxy) is 1. The number of rotatable bonds is 10. The standard InChI is InChI=1S/C30H27N3O4S/c1-37-30(36)26(18-21-8-4-2-5-9-21)33-28(35)23-14-12-22(13-15-23)19-31-27(34)17-16-25-20-38-29(32-25)24-10-6-3-7-11-24/h2-17,20,26H,18-19H2,1H3,(H,31,34)(H,33,35)/t26-/m0/s1. The second-order valence-electron chi connectivity index (χ2n) is 8.43.